The van der Waals surface area contributed by atoms with Crippen LogP contribution in [0.2, 0.25) is 0 Å². The number of ether oxygens (including phenoxy) is 2. The molecule has 2 heterocycles. The molecule has 3 aromatic rings. The summed E-state index contributed by atoms with van der Waals surface area (Å²) >= 11 is 1.65. The van der Waals surface area contributed by atoms with Gasteiger partial charge >= 0.3 is 0 Å². The van der Waals surface area contributed by atoms with E-state index in [1.54, 1.807) is 18.4 Å². The minimum Gasteiger partial charge on any atom is -0.497 e. The zero-order valence-corrected chi connectivity index (χ0v) is 16.8. The highest BCUT2D eigenvalue weighted by Crippen LogP contribution is 2.33. The summed E-state index contributed by atoms with van der Waals surface area (Å²) in [5, 5.41) is 0.972. The molecule has 5 nitrogen and oxygen atoms in total. The van der Waals surface area contributed by atoms with Gasteiger partial charge in [0.05, 0.1) is 26.0 Å². The molecule has 4 rings (SSSR count). The van der Waals surface area contributed by atoms with Crippen LogP contribution >= 0.6 is 11.3 Å². The van der Waals surface area contributed by atoms with Crippen molar-refractivity contribution >= 4 is 17.2 Å². The lowest BCUT2D eigenvalue weighted by Crippen LogP contribution is -2.35. The predicted octanol–water partition coefficient (Wildman–Crippen LogP) is 4.42. The summed E-state index contributed by atoms with van der Waals surface area (Å²) in [7, 11) is 1.66. The topological polar surface area (TPSA) is 51.7 Å². The summed E-state index contributed by atoms with van der Waals surface area (Å²) in [6.07, 6.45) is 0.776. The highest BCUT2D eigenvalue weighted by Gasteiger charge is 2.25. The number of benzene rings is 2. The molecule has 2 aromatic carbocycles. The Morgan fingerprint density at radius 1 is 1.18 bits per heavy atom. The molecule has 1 aliphatic heterocycles. The molecule has 0 radical (unpaired) electrons. The minimum absolute atomic E-state index is 0.0463. The molecule has 0 atom stereocenters. The van der Waals surface area contributed by atoms with Crippen LogP contribution in [-0.2, 0) is 13.0 Å². The number of carbonyl (C=O) groups excluding carboxylic acids is 1. The number of thiazole rings is 1. The number of fused-ring (bicyclic) bond motifs is 1. The van der Waals surface area contributed by atoms with Gasteiger partial charge in [0, 0.05) is 29.0 Å². The van der Waals surface area contributed by atoms with Crippen molar-refractivity contribution in [3.8, 4) is 22.1 Å². The highest BCUT2D eigenvalue weighted by molar-refractivity contribution is 7.15. The minimum atomic E-state index is 0.0463. The molecular formula is C22H22N2O3S. The molecule has 0 aliphatic carbocycles. The molecule has 1 aliphatic rings. The van der Waals surface area contributed by atoms with E-state index in [0.717, 1.165) is 39.1 Å². The molecule has 1 aromatic heterocycles. The Kier molecular flexibility index (Phi) is 5.30. The predicted molar refractivity (Wildman–Crippen MR) is 110 cm³/mol. The average Bonchev–Trinajstić information content (AvgIpc) is 3.17. The first-order chi connectivity index (χ1) is 13.7. The van der Waals surface area contributed by atoms with Gasteiger partial charge in [-0.2, -0.15) is 0 Å². The Labute approximate surface area is 168 Å². The van der Waals surface area contributed by atoms with Crippen molar-refractivity contribution in [2.45, 2.75) is 19.9 Å². The number of hydrogen-bond acceptors (Lipinski definition) is 5. The van der Waals surface area contributed by atoms with Gasteiger partial charge in [-0.25, -0.2) is 4.98 Å². The van der Waals surface area contributed by atoms with Gasteiger partial charge in [0.25, 0.3) is 5.91 Å². The summed E-state index contributed by atoms with van der Waals surface area (Å²) in [6.45, 7) is 3.84. The van der Waals surface area contributed by atoms with Gasteiger partial charge in [-0.15, -0.1) is 11.3 Å². The van der Waals surface area contributed by atoms with Gasteiger partial charge in [0.1, 0.15) is 16.5 Å². The largest absolute Gasteiger partial charge is 0.497 e. The van der Waals surface area contributed by atoms with Gasteiger partial charge in [-0.05, 0) is 43.3 Å². The van der Waals surface area contributed by atoms with Crippen LogP contribution in [0.25, 0.3) is 10.6 Å². The summed E-state index contributed by atoms with van der Waals surface area (Å²) in [4.78, 5) is 20.7. The summed E-state index contributed by atoms with van der Waals surface area (Å²) in [5.41, 5.74) is 2.83. The smallest absolute Gasteiger partial charge is 0.254 e. The van der Waals surface area contributed by atoms with Crippen LogP contribution < -0.4 is 9.47 Å². The fourth-order valence-electron chi connectivity index (χ4n) is 3.29. The molecule has 0 fully saturated rings. The first kappa shape index (κ1) is 18.5. The number of aromatic nitrogens is 1. The lowest BCUT2D eigenvalue weighted by atomic mass is 10.1. The molecule has 0 saturated heterocycles. The van der Waals surface area contributed by atoms with Crippen molar-refractivity contribution in [2.75, 3.05) is 20.3 Å². The van der Waals surface area contributed by atoms with Gasteiger partial charge in [0.2, 0.25) is 0 Å². The van der Waals surface area contributed by atoms with Crippen LogP contribution in [-0.4, -0.2) is 36.1 Å². The van der Waals surface area contributed by atoms with Gasteiger partial charge in [0.15, 0.2) is 0 Å². The second kappa shape index (κ2) is 8.02. The van der Waals surface area contributed by atoms with Crippen molar-refractivity contribution in [1.82, 2.24) is 9.88 Å². The molecule has 0 saturated carbocycles. The molecule has 0 unspecified atom stereocenters. The maximum absolute atomic E-state index is 12.9. The lowest BCUT2D eigenvalue weighted by molar-refractivity contribution is 0.0736. The summed E-state index contributed by atoms with van der Waals surface area (Å²) in [5.74, 6) is 1.65. The van der Waals surface area contributed by atoms with Crippen molar-refractivity contribution < 1.29 is 14.3 Å². The Balaban J connectivity index is 1.51. The third kappa shape index (κ3) is 3.73. The van der Waals surface area contributed by atoms with E-state index in [1.807, 2.05) is 60.4 Å². The third-order valence-corrected chi connectivity index (χ3v) is 5.88. The van der Waals surface area contributed by atoms with Crippen molar-refractivity contribution in [3.05, 3.63) is 64.7 Å². The normalized spacial score (nSPS) is 13.1. The molecule has 0 N–H and O–H groups in total. The zero-order valence-electron chi connectivity index (χ0n) is 16.0. The zero-order chi connectivity index (χ0) is 19.5. The number of rotatable bonds is 5. The summed E-state index contributed by atoms with van der Waals surface area (Å²) in [6, 6.07) is 15.3. The van der Waals surface area contributed by atoms with E-state index in [4.69, 9.17) is 14.5 Å². The Hall–Kier alpha value is -2.86. The van der Waals surface area contributed by atoms with E-state index in [2.05, 4.69) is 0 Å². The number of nitrogens with zero attached hydrogens (tertiary/aromatic N) is 2. The van der Waals surface area contributed by atoms with Crippen molar-refractivity contribution in [2.24, 2.45) is 0 Å². The van der Waals surface area contributed by atoms with Crippen LogP contribution in [0.5, 0.6) is 11.5 Å². The maximum atomic E-state index is 12.9. The molecule has 0 bridgehead atoms. The number of methoxy groups -OCH3 is 1. The second-order valence-electron chi connectivity index (χ2n) is 6.55. The van der Waals surface area contributed by atoms with E-state index < -0.39 is 0 Å². The SMILES string of the molecule is CCOc1ccc(C(=O)N2CCc3nc(-c4cccc(OC)c4)sc3C2)cc1. The van der Waals surface area contributed by atoms with Crippen LogP contribution in [0.3, 0.4) is 0 Å². The first-order valence-electron chi connectivity index (χ1n) is 9.33. The average molecular weight is 394 g/mol. The number of hydrogen-bond donors (Lipinski definition) is 0. The maximum Gasteiger partial charge on any atom is 0.254 e. The third-order valence-electron chi connectivity index (χ3n) is 4.75. The Morgan fingerprint density at radius 3 is 2.75 bits per heavy atom. The van der Waals surface area contributed by atoms with Crippen LogP contribution in [0.15, 0.2) is 48.5 Å². The molecule has 144 valence electrons. The first-order valence-corrected chi connectivity index (χ1v) is 10.1. The van der Waals surface area contributed by atoms with Crippen LogP contribution in [0.1, 0.15) is 27.9 Å². The molecule has 6 heteroatoms. The van der Waals surface area contributed by atoms with Gasteiger partial charge in [-0.1, -0.05) is 12.1 Å². The molecule has 28 heavy (non-hydrogen) atoms. The van der Waals surface area contributed by atoms with Crippen LogP contribution in [0, 0.1) is 0 Å². The molecule has 1 amide bonds. The van der Waals surface area contributed by atoms with Crippen molar-refractivity contribution in [3.63, 3.8) is 0 Å². The van der Waals surface area contributed by atoms with Gasteiger partial charge < -0.3 is 14.4 Å². The second-order valence-corrected chi connectivity index (χ2v) is 7.64. The van der Waals surface area contributed by atoms with Crippen molar-refractivity contribution in [1.29, 1.82) is 0 Å². The van der Waals surface area contributed by atoms with Gasteiger partial charge in [-0.3, -0.25) is 4.79 Å². The fraction of sp³-hybridized carbons (Fsp3) is 0.273. The Morgan fingerprint density at radius 2 is 2.00 bits per heavy atom. The number of amides is 1. The lowest BCUT2D eigenvalue weighted by Gasteiger charge is -2.26. The van der Waals surface area contributed by atoms with E-state index >= 15 is 0 Å². The van der Waals surface area contributed by atoms with E-state index in [1.165, 1.54) is 0 Å². The summed E-state index contributed by atoms with van der Waals surface area (Å²) < 4.78 is 10.8. The number of carbonyl (C=O) groups is 1. The Bertz CT molecular complexity index is 982. The standard InChI is InChI=1S/C22H22N2O3S/c1-3-27-17-9-7-15(8-10-17)22(25)24-12-11-19-20(14-24)28-21(23-19)16-5-4-6-18(13-16)26-2/h4-10,13H,3,11-12,14H2,1-2H3. The molecular weight excluding hydrogens is 372 g/mol. The van der Waals surface area contributed by atoms with E-state index in [-0.39, 0.29) is 5.91 Å². The molecule has 0 spiro atoms. The van der Waals surface area contributed by atoms with E-state index in [9.17, 15) is 4.79 Å². The highest BCUT2D eigenvalue weighted by atomic mass is 32.1. The quantitative estimate of drug-likeness (QED) is 0.643. The van der Waals surface area contributed by atoms with E-state index in [0.29, 0.717) is 25.3 Å². The monoisotopic (exact) mass is 394 g/mol. The van der Waals surface area contributed by atoms with Crippen LogP contribution in [0.4, 0.5) is 0 Å². The fourth-order valence-corrected chi connectivity index (χ4v) is 4.41.